The summed E-state index contributed by atoms with van der Waals surface area (Å²) < 4.78 is 56.2. The average Bonchev–Trinajstić information content (AvgIpc) is 2.90. The summed E-state index contributed by atoms with van der Waals surface area (Å²) in [5, 5.41) is 9.49. The molecule has 2 N–H and O–H groups in total. The molecule has 2 aromatic carbocycles. The van der Waals surface area contributed by atoms with Crippen LogP contribution in [-0.4, -0.2) is 24.1 Å². The molecule has 0 aliphatic carbocycles. The minimum Gasteiger partial charge on any atom is -0.480 e. The lowest BCUT2D eigenvalue weighted by Crippen LogP contribution is -2.14. The monoisotopic (exact) mass is 478 g/mol. The standard InChI is InChI=1S/C16H10BrClF2N2O4S/c17-10-4-12(20)13(5-11(10)19)21-27(25,26)15-6-22(7-16(23)24)14-3-8(18)1-2-9(14)15/h1-6,21H,7H2,(H,23,24). The van der Waals surface area contributed by atoms with Crippen LogP contribution in [0, 0.1) is 11.6 Å². The summed E-state index contributed by atoms with van der Waals surface area (Å²) in [6.45, 7) is -0.506. The number of rotatable bonds is 5. The number of sulfonamides is 1. The van der Waals surface area contributed by atoms with Crippen molar-refractivity contribution in [2.24, 2.45) is 0 Å². The quantitative estimate of drug-likeness (QED) is 0.536. The number of carboxylic acid groups (broad SMARTS) is 1. The summed E-state index contributed by atoms with van der Waals surface area (Å²) >= 11 is 8.72. The molecular weight excluding hydrogens is 470 g/mol. The highest BCUT2D eigenvalue weighted by molar-refractivity contribution is 9.10. The Bertz CT molecular complexity index is 1180. The van der Waals surface area contributed by atoms with Crippen LogP contribution < -0.4 is 4.72 Å². The van der Waals surface area contributed by atoms with E-state index in [1.807, 2.05) is 4.72 Å². The van der Waals surface area contributed by atoms with Gasteiger partial charge in [0.2, 0.25) is 0 Å². The molecule has 3 aromatic rings. The second kappa shape index (κ2) is 7.10. The second-order valence-corrected chi connectivity index (χ2v) is 8.47. The molecule has 0 bridgehead atoms. The third kappa shape index (κ3) is 3.92. The largest absolute Gasteiger partial charge is 0.480 e. The topological polar surface area (TPSA) is 88.4 Å². The Kier molecular flexibility index (Phi) is 5.15. The number of benzene rings is 2. The first kappa shape index (κ1) is 19.6. The van der Waals surface area contributed by atoms with Crippen molar-refractivity contribution in [1.29, 1.82) is 0 Å². The number of anilines is 1. The van der Waals surface area contributed by atoms with Crippen LogP contribution >= 0.6 is 27.5 Å². The van der Waals surface area contributed by atoms with E-state index in [0.717, 1.165) is 12.3 Å². The number of hydrogen-bond acceptors (Lipinski definition) is 3. The number of fused-ring (bicyclic) bond motifs is 1. The molecule has 0 spiro atoms. The number of hydrogen-bond donors (Lipinski definition) is 2. The predicted octanol–water partition coefficient (Wildman–Crippen LogP) is 4.22. The van der Waals surface area contributed by atoms with E-state index < -0.39 is 39.9 Å². The fourth-order valence-corrected chi connectivity index (χ4v) is 4.29. The van der Waals surface area contributed by atoms with Gasteiger partial charge in [-0.05, 0) is 40.2 Å². The highest BCUT2D eigenvalue weighted by atomic mass is 79.9. The van der Waals surface area contributed by atoms with Gasteiger partial charge in [-0.1, -0.05) is 11.6 Å². The van der Waals surface area contributed by atoms with Crippen LogP contribution in [0.3, 0.4) is 0 Å². The molecule has 0 unspecified atom stereocenters. The predicted molar refractivity (Wildman–Crippen MR) is 99.5 cm³/mol. The molecule has 0 radical (unpaired) electrons. The molecule has 0 saturated carbocycles. The summed E-state index contributed by atoms with van der Waals surface area (Å²) in [6, 6.07) is 5.75. The van der Waals surface area contributed by atoms with Crippen LogP contribution in [0.4, 0.5) is 14.5 Å². The number of carbonyl (C=O) groups is 1. The maximum atomic E-state index is 14.0. The molecule has 0 aliphatic rings. The van der Waals surface area contributed by atoms with Crippen LogP contribution in [-0.2, 0) is 21.4 Å². The lowest BCUT2D eigenvalue weighted by molar-refractivity contribution is -0.137. The molecule has 142 valence electrons. The van der Waals surface area contributed by atoms with Gasteiger partial charge >= 0.3 is 5.97 Å². The number of halogens is 4. The zero-order valence-electron chi connectivity index (χ0n) is 13.2. The van der Waals surface area contributed by atoms with Gasteiger partial charge in [-0.2, -0.15) is 0 Å². The molecule has 0 fully saturated rings. The Morgan fingerprint density at radius 1 is 1.22 bits per heavy atom. The van der Waals surface area contributed by atoms with Gasteiger partial charge in [-0.15, -0.1) is 0 Å². The third-order valence-corrected chi connectivity index (χ3v) is 5.89. The van der Waals surface area contributed by atoms with Crippen LogP contribution in [0.2, 0.25) is 5.02 Å². The van der Waals surface area contributed by atoms with Crippen LogP contribution in [0.25, 0.3) is 10.9 Å². The Labute approximate surface area is 165 Å². The number of aliphatic carboxylic acids is 1. The number of nitrogens with one attached hydrogen (secondary N) is 1. The highest BCUT2D eigenvalue weighted by Crippen LogP contribution is 2.31. The molecule has 3 rings (SSSR count). The van der Waals surface area contributed by atoms with Crippen LogP contribution in [0.5, 0.6) is 0 Å². The van der Waals surface area contributed by atoms with Gasteiger partial charge in [-0.3, -0.25) is 9.52 Å². The Morgan fingerprint density at radius 3 is 2.59 bits per heavy atom. The molecule has 27 heavy (non-hydrogen) atoms. The Morgan fingerprint density at radius 2 is 1.93 bits per heavy atom. The molecule has 0 amide bonds. The second-order valence-electron chi connectivity index (χ2n) is 5.53. The summed E-state index contributed by atoms with van der Waals surface area (Å²) in [4.78, 5) is 10.8. The molecule has 0 atom stereocenters. The van der Waals surface area contributed by atoms with Gasteiger partial charge in [0.25, 0.3) is 10.0 Å². The van der Waals surface area contributed by atoms with E-state index in [-0.39, 0.29) is 25.3 Å². The van der Waals surface area contributed by atoms with Crippen molar-refractivity contribution in [3.05, 3.63) is 57.7 Å². The van der Waals surface area contributed by atoms with E-state index in [1.165, 1.54) is 22.8 Å². The molecule has 1 aromatic heterocycles. The summed E-state index contributed by atoms with van der Waals surface area (Å²) in [6.07, 6.45) is 1.10. The van der Waals surface area contributed by atoms with Crippen molar-refractivity contribution >= 4 is 60.1 Å². The zero-order chi connectivity index (χ0) is 19.9. The van der Waals surface area contributed by atoms with Gasteiger partial charge in [0.15, 0.2) is 0 Å². The van der Waals surface area contributed by atoms with Gasteiger partial charge in [-0.25, -0.2) is 17.2 Å². The molecule has 1 heterocycles. The van der Waals surface area contributed by atoms with Gasteiger partial charge in [0.1, 0.15) is 23.1 Å². The van der Waals surface area contributed by atoms with Crippen molar-refractivity contribution in [2.75, 3.05) is 4.72 Å². The normalized spacial score (nSPS) is 11.7. The van der Waals surface area contributed by atoms with Gasteiger partial charge in [0.05, 0.1) is 15.7 Å². The van der Waals surface area contributed by atoms with E-state index in [2.05, 4.69) is 15.9 Å². The molecule has 0 aliphatic heterocycles. The first-order valence-electron chi connectivity index (χ1n) is 7.26. The molecular formula is C16H10BrClF2N2O4S. The van der Waals surface area contributed by atoms with E-state index in [1.54, 1.807) is 0 Å². The third-order valence-electron chi connectivity index (χ3n) is 3.66. The van der Waals surface area contributed by atoms with Crippen molar-refractivity contribution in [1.82, 2.24) is 4.57 Å². The van der Waals surface area contributed by atoms with Crippen LogP contribution in [0.1, 0.15) is 0 Å². The fourth-order valence-electron chi connectivity index (χ4n) is 2.52. The smallest absolute Gasteiger partial charge is 0.323 e. The molecule has 6 nitrogen and oxygen atoms in total. The van der Waals surface area contributed by atoms with Crippen molar-refractivity contribution < 1.29 is 27.1 Å². The lowest BCUT2D eigenvalue weighted by atomic mass is 10.2. The minimum absolute atomic E-state index is 0.157. The van der Waals surface area contributed by atoms with Crippen molar-refractivity contribution in [3.63, 3.8) is 0 Å². The number of aromatic nitrogens is 1. The molecule has 11 heteroatoms. The average molecular weight is 480 g/mol. The minimum atomic E-state index is -4.35. The van der Waals surface area contributed by atoms with Crippen LogP contribution in [0.15, 0.2) is 45.9 Å². The van der Waals surface area contributed by atoms with Crippen molar-refractivity contribution in [2.45, 2.75) is 11.4 Å². The molecule has 0 saturated heterocycles. The Hall–Kier alpha value is -2.17. The zero-order valence-corrected chi connectivity index (χ0v) is 16.4. The number of carboxylic acids is 1. The SMILES string of the molecule is O=C(O)Cn1cc(S(=O)(=O)Nc2cc(F)c(Br)cc2F)c2ccc(Cl)cc21. The summed E-state index contributed by atoms with van der Waals surface area (Å²) in [7, 11) is -4.35. The number of nitrogens with zero attached hydrogens (tertiary/aromatic N) is 1. The lowest BCUT2D eigenvalue weighted by Gasteiger charge is -2.09. The van der Waals surface area contributed by atoms with Crippen molar-refractivity contribution in [3.8, 4) is 0 Å². The summed E-state index contributed by atoms with van der Waals surface area (Å²) in [5.41, 5.74) is -0.309. The highest BCUT2D eigenvalue weighted by Gasteiger charge is 2.24. The van der Waals surface area contributed by atoms with E-state index in [4.69, 9.17) is 16.7 Å². The van der Waals surface area contributed by atoms with Gasteiger partial charge < -0.3 is 9.67 Å². The maximum Gasteiger partial charge on any atom is 0.323 e. The van der Waals surface area contributed by atoms with E-state index >= 15 is 0 Å². The fraction of sp³-hybridized carbons (Fsp3) is 0.0625. The summed E-state index contributed by atoms with van der Waals surface area (Å²) in [5.74, 6) is -3.02. The van der Waals surface area contributed by atoms with E-state index in [9.17, 15) is 22.0 Å². The van der Waals surface area contributed by atoms with E-state index in [0.29, 0.717) is 6.07 Å². The first-order chi connectivity index (χ1) is 12.6. The maximum absolute atomic E-state index is 14.0. The van der Waals surface area contributed by atoms with Gasteiger partial charge in [0, 0.05) is 22.7 Å². The Balaban J connectivity index is 2.13. The first-order valence-corrected chi connectivity index (χ1v) is 9.91.